The zero-order valence-corrected chi connectivity index (χ0v) is 13.1. The molecule has 3 aromatic rings. The first-order valence-electron chi connectivity index (χ1n) is 7.95. The Morgan fingerprint density at radius 3 is 2.56 bits per heavy atom. The van der Waals surface area contributed by atoms with Gasteiger partial charge in [0.05, 0.1) is 17.2 Å². The molecule has 1 fully saturated rings. The first-order chi connectivity index (χ1) is 12.0. The van der Waals surface area contributed by atoms with Gasteiger partial charge < -0.3 is 5.32 Å². The van der Waals surface area contributed by atoms with E-state index in [2.05, 4.69) is 10.3 Å². The van der Waals surface area contributed by atoms with Crippen molar-refractivity contribution in [2.45, 2.75) is 18.9 Å². The Kier molecular flexibility index (Phi) is 3.80. The van der Waals surface area contributed by atoms with Crippen LogP contribution in [0.1, 0.15) is 24.7 Å². The average Bonchev–Trinajstić information content (AvgIpc) is 3.07. The van der Waals surface area contributed by atoms with Gasteiger partial charge in [-0.25, -0.2) is 18.2 Å². The summed E-state index contributed by atoms with van der Waals surface area (Å²) in [5, 5.41) is 3.02. The number of benzene rings is 2. The molecular formula is C18H14F3N3O. The van der Waals surface area contributed by atoms with Crippen LogP contribution in [0.3, 0.4) is 0 Å². The van der Waals surface area contributed by atoms with Gasteiger partial charge in [0.2, 0.25) is 0 Å². The smallest absolute Gasteiger partial charge is 0.269 e. The summed E-state index contributed by atoms with van der Waals surface area (Å²) in [5.41, 5.74) is -0.470. The molecular weight excluding hydrogens is 331 g/mol. The molecule has 0 bridgehead atoms. The number of nitrogens with zero attached hydrogens (tertiary/aromatic N) is 2. The second-order valence-corrected chi connectivity index (χ2v) is 6.02. The van der Waals surface area contributed by atoms with Crippen LogP contribution in [0.5, 0.6) is 0 Å². The minimum atomic E-state index is -0.819. The van der Waals surface area contributed by atoms with Crippen molar-refractivity contribution in [3.05, 3.63) is 70.0 Å². The topological polar surface area (TPSA) is 46.9 Å². The second kappa shape index (κ2) is 6.00. The summed E-state index contributed by atoms with van der Waals surface area (Å²) in [4.78, 5) is 17.4. The van der Waals surface area contributed by atoms with Crippen LogP contribution in [-0.4, -0.2) is 16.1 Å². The van der Waals surface area contributed by atoms with E-state index in [1.165, 1.54) is 6.07 Å². The number of fused-ring (bicyclic) bond motifs is 1. The van der Waals surface area contributed by atoms with E-state index in [9.17, 15) is 18.0 Å². The lowest BCUT2D eigenvalue weighted by atomic mass is 10.1. The van der Waals surface area contributed by atoms with Gasteiger partial charge in [0.25, 0.3) is 5.56 Å². The molecule has 1 aliphatic rings. The summed E-state index contributed by atoms with van der Waals surface area (Å²) in [6.45, 7) is 0.749. The Bertz CT molecular complexity index is 1010. The predicted molar refractivity (Wildman–Crippen MR) is 87.2 cm³/mol. The Morgan fingerprint density at radius 1 is 1.12 bits per heavy atom. The molecule has 1 N–H and O–H groups in total. The highest BCUT2D eigenvalue weighted by atomic mass is 19.1. The van der Waals surface area contributed by atoms with E-state index in [1.807, 2.05) is 0 Å². The van der Waals surface area contributed by atoms with Crippen LogP contribution >= 0.6 is 0 Å². The van der Waals surface area contributed by atoms with E-state index < -0.39 is 23.0 Å². The van der Waals surface area contributed by atoms with E-state index in [0.717, 1.165) is 48.2 Å². The summed E-state index contributed by atoms with van der Waals surface area (Å²) in [7, 11) is 0. The van der Waals surface area contributed by atoms with Crippen LogP contribution in [-0.2, 0) is 0 Å². The van der Waals surface area contributed by atoms with Gasteiger partial charge in [-0.3, -0.25) is 9.36 Å². The van der Waals surface area contributed by atoms with E-state index in [0.29, 0.717) is 5.82 Å². The molecule has 2 aromatic carbocycles. The molecule has 7 heteroatoms. The molecule has 1 aliphatic heterocycles. The van der Waals surface area contributed by atoms with Crippen LogP contribution in [0, 0.1) is 17.5 Å². The van der Waals surface area contributed by atoms with E-state index in [1.54, 1.807) is 6.07 Å². The van der Waals surface area contributed by atoms with Crippen LogP contribution < -0.4 is 10.9 Å². The second-order valence-electron chi connectivity index (χ2n) is 6.02. The van der Waals surface area contributed by atoms with E-state index in [4.69, 9.17) is 0 Å². The fraction of sp³-hybridized carbons (Fsp3) is 0.222. The zero-order chi connectivity index (χ0) is 17.6. The molecule has 0 radical (unpaired) electrons. The van der Waals surface area contributed by atoms with Crippen LogP contribution in [0.25, 0.3) is 16.6 Å². The zero-order valence-electron chi connectivity index (χ0n) is 13.1. The number of halogens is 3. The molecule has 4 nitrogen and oxygen atoms in total. The first kappa shape index (κ1) is 15.8. The minimum Gasteiger partial charge on any atom is -0.307 e. The molecule has 1 unspecified atom stereocenters. The third-order valence-electron chi connectivity index (χ3n) is 4.35. The summed E-state index contributed by atoms with van der Waals surface area (Å²) < 4.78 is 42.7. The van der Waals surface area contributed by atoms with Crippen molar-refractivity contribution in [2.24, 2.45) is 0 Å². The molecule has 0 amide bonds. The van der Waals surface area contributed by atoms with Gasteiger partial charge in [0, 0.05) is 6.07 Å². The van der Waals surface area contributed by atoms with Gasteiger partial charge >= 0.3 is 0 Å². The van der Waals surface area contributed by atoms with Crippen molar-refractivity contribution < 1.29 is 13.2 Å². The molecule has 1 saturated heterocycles. The summed E-state index contributed by atoms with van der Waals surface area (Å²) in [6.07, 6.45) is 1.62. The van der Waals surface area contributed by atoms with Crippen molar-refractivity contribution in [3.63, 3.8) is 0 Å². The highest BCUT2D eigenvalue weighted by Crippen LogP contribution is 2.25. The average molecular weight is 345 g/mol. The fourth-order valence-electron chi connectivity index (χ4n) is 3.26. The molecule has 1 atom stereocenters. The van der Waals surface area contributed by atoms with Crippen LogP contribution in [0.15, 0.2) is 41.2 Å². The monoisotopic (exact) mass is 345 g/mol. The number of nitrogens with one attached hydrogen (secondary N) is 1. The van der Waals surface area contributed by atoms with Crippen molar-refractivity contribution in [1.29, 1.82) is 0 Å². The lowest BCUT2D eigenvalue weighted by molar-refractivity contribution is 0.567. The Morgan fingerprint density at radius 2 is 1.88 bits per heavy atom. The maximum Gasteiger partial charge on any atom is 0.269 e. The van der Waals surface area contributed by atoms with Gasteiger partial charge in [0.15, 0.2) is 0 Å². The SMILES string of the molecule is O=c1c2c(F)cccc2nc(C2CCCN2)n1-c1cc(F)cc(F)c1. The van der Waals surface area contributed by atoms with Gasteiger partial charge in [-0.15, -0.1) is 0 Å². The maximum absolute atomic E-state index is 14.2. The molecule has 0 aliphatic carbocycles. The number of rotatable bonds is 2. The summed E-state index contributed by atoms with van der Waals surface area (Å²) >= 11 is 0. The van der Waals surface area contributed by atoms with Gasteiger partial charge in [-0.1, -0.05) is 6.07 Å². The Hall–Kier alpha value is -2.67. The third-order valence-corrected chi connectivity index (χ3v) is 4.35. The van der Waals surface area contributed by atoms with Crippen LogP contribution in [0.4, 0.5) is 13.2 Å². The summed E-state index contributed by atoms with van der Waals surface area (Å²) in [5.74, 6) is -2.03. The maximum atomic E-state index is 14.2. The lowest BCUT2D eigenvalue weighted by Gasteiger charge is -2.18. The van der Waals surface area contributed by atoms with Gasteiger partial charge in [-0.2, -0.15) is 0 Å². The van der Waals surface area contributed by atoms with Crippen molar-refractivity contribution in [3.8, 4) is 5.69 Å². The highest BCUT2D eigenvalue weighted by molar-refractivity contribution is 5.78. The standard InChI is InChI=1S/C18H14F3N3O/c19-10-7-11(20)9-12(8-10)24-17(15-5-2-6-22-15)23-14-4-1-3-13(21)16(14)18(24)25/h1,3-4,7-9,15,22H,2,5-6H2. The van der Waals surface area contributed by atoms with Gasteiger partial charge in [-0.05, 0) is 43.7 Å². The lowest BCUT2D eigenvalue weighted by Crippen LogP contribution is -2.29. The van der Waals surface area contributed by atoms with E-state index >= 15 is 0 Å². The summed E-state index contributed by atoms with van der Waals surface area (Å²) in [6, 6.07) is 6.74. The van der Waals surface area contributed by atoms with Crippen molar-refractivity contribution in [1.82, 2.24) is 14.9 Å². The van der Waals surface area contributed by atoms with Gasteiger partial charge in [0.1, 0.15) is 28.7 Å². The first-order valence-corrected chi connectivity index (χ1v) is 7.95. The van der Waals surface area contributed by atoms with E-state index in [-0.39, 0.29) is 22.6 Å². The molecule has 0 saturated carbocycles. The molecule has 25 heavy (non-hydrogen) atoms. The number of hydrogen-bond donors (Lipinski definition) is 1. The molecule has 1 aromatic heterocycles. The van der Waals surface area contributed by atoms with Crippen molar-refractivity contribution >= 4 is 10.9 Å². The molecule has 128 valence electrons. The highest BCUT2D eigenvalue weighted by Gasteiger charge is 2.25. The van der Waals surface area contributed by atoms with Crippen LogP contribution in [0.2, 0.25) is 0 Å². The third kappa shape index (κ3) is 2.70. The molecule has 4 rings (SSSR count). The largest absolute Gasteiger partial charge is 0.307 e. The Labute approximate surface area is 140 Å². The molecule has 2 heterocycles. The Balaban J connectivity index is 2.09. The van der Waals surface area contributed by atoms with Crippen molar-refractivity contribution in [2.75, 3.05) is 6.54 Å². The predicted octanol–water partition coefficient (Wildman–Crippen LogP) is 3.23. The fourth-order valence-corrected chi connectivity index (χ4v) is 3.26. The number of aromatic nitrogens is 2. The minimum absolute atomic E-state index is 0.0103. The normalized spacial score (nSPS) is 17.3. The molecule has 0 spiro atoms. The quantitative estimate of drug-likeness (QED) is 0.776. The number of hydrogen-bond acceptors (Lipinski definition) is 3.